The summed E-state index contributed by atoms with van der Waals surface area (Å²) in [5.41, 5.74) is 0. The molecule has 0 bridgehead atoms. The Morgan fingerprint density at radius 3 is 2.40 bits per heavy atom. The minimum Gasteiger partial charge on any atom is -0.352 e. The van der Waals surface area contributed by atoms with Gasteiger partial charge in [-0.05, 0) is 6.42 Å². The van der Waals surface area contributed by atoms with Gasteiger partial charge in [0.15, 0.2) is 10.6 Å². The van der Waals surface area contributed by atoms with E-state index in [2.05, 4.69) is 0 Å². The first kappa shape index (κ1) is 14.5. The third kappa shape index (κ3) is 3.01. The zero-order chi connectivity index (χ0) is 10.2. The van der Waals surface area contributed by atoms with Gasteiger partial charge in [0.2, 0.25) is 0 Å². The number of alkyl halides is 3. The van der Waals surface area contributed by atoms with Crippen molar-refractivity contribution in [1.82, 2.24) is 0 Å². The van der Waals surface area contributed by atoms with Gasteiger partial charge in [-0.1, -0.05) is 34.8 Å². The van der Waals surface area contributed by atoms with Crippen LogP contribution < -0.4 is 0 Å². The van der Waals surface area contributed by atoms with Crippen molar-refractivity contribution in [2.75, 3.05) is 13.2 Å². The molecule has 2 aliphatic heterocycles. The second-order valence-electron chi connectivity index (χ2n) is 3.40. The van der Waals surface area contributed by atoms with Crippen molar-refractivity contribution >= 4 is 34.8 Å². The predicted octanol–water partition coefficient (Wildman–Crippen LogP) is 2.62. The number of ether oxygens (including phenoxy) is 3. The molecule has 0 aliphatic carbocycles. The van der Waals surface area contributed by atoms with E-state index in [-0.39, 0.29) is 27.4 Å². The zero-order valence-corrected chi connectivity index (χ0v) is 13.1. The van der Waals surface area contributed by atoms with Crippen LogP contribution in [0.2, 0.25) is 0 Å². The molecule has 3 nitrogen and oxygen atoms in total. The van der Waals surface area contributed by atoms with Gasteiger partial charge in [-0.15, -0.1) is 0 Å². The Bertz CT molecular complexity index is 223. The largest absolute Gasteiger partial charge is 0.352 e. The Balaban J connectivity index is 0.00000112. The van der Waals surface area contributed by atoms with Gasteiger partial charge >= 0.3 is 0 Å². The third-order valence-electron chi connectivity index (χ3n) is 2.31. The van der Waals surface area contributed by atoms with Crippen LogP contribution in [0.25, 0.3) is 0 Å². The maximum absolute atomic E-state index is 6.05. The van der Waals surface area contributed by atoms with Crippen molar-refractivity contribution in [3.8, 4) is 0 Å². The van der Waals surface area contributed by atoms with Crippen LogP contribution in [0.4, 0.5) is 0 Å². The van der Waals surface area contributed by atoms with Crippen molar-refractivity contribution in [1.29, 1.82) is 0 Å². The van der Waals surface area contributed by atoms with E-state index >= 15 is 0 Å². The van der Waals surface area contributed by atoms with Crippen molar-refractivity contribution in [3.05, 3.63) is 0 Å². The second-order valence-corrected chi connectivity index (χ2v) is 5.38. The quantitative estimate of drug-likeness (QED) is 0.612. The summed E-state index contributed by atoms with van der Waals surface area (Å²) in [6.45, 7) is 1.07. The molecule has 2 unspecified atom stereocenters. The maximum Gasteiger partial charge on any atom is 0.285 e. The first-order valence-electron chi connectivity index (χ1n) is 4.54. The SMILES string of the molecule is ClC1(Cl)CCOC1(Cl)OC1CCCO1.[W]. The molecule has 0 radical (unpaired) electrons. The molecule has 0 saturated carbocycles. The van der Waals surface area contributed by atoms with Crippen LogP contribution >= 0.6 is 34.8 Å². The van der Waals surface area contributed by atoms with Crippen molar-refractivity contribution in [3.63, 3.8) is 0 Å². The fourth-order valence-electron chi connectivity index (χ4n) is 1.50. The summed E-state index contributed by atoms with van der Waals surface area (Å²) < 4.78 is 14.7. The van der Waals surface area contributed by atoms with Gasteiger partial charge in [0.05, 0.1) is 6.61 Å². The molecule has 0 aromatic heterocycles. The van der Waals surface area contributed by atoms with Crippen LogP contribution in [0.3, 0.4) is 0 Å². The summed E-state index contributed by atoms with van der Waals surface area (Å²) in [6.07, 6.45) is 1.84. The van der Waals surface area contributed by atoms with Crippen LogP contribution in [0.1, 0.15) is 19.3 Å². The van der Waals surface area contributed by atoms with Gasteiger partial charge in [0.25, 0.3) is 5.25 Å². The van der Waals surface area contributed by atoms with E-state index in [1.165, 1.54) is 0 Å². The van der Waals surface area contributed by atoms with Gasteiger partial charge in [0.1, 0.15) is 0 Å². The molecule has 2 heterocycles. The first-order chi connectivity index (χ1) is 6.54. The van der Waals surface area contributed by atoms with Crippen LogP contribution in [-0.2, 0) is 35.3 Å². The van der Waals surface area contributed by atoms with Gasteiger partial charge in [-0.25, -0.2) is 0 Å². The van der Waals surface area contributed by atoms with Crippen molar-refractivity contribution in [2.24, 2.45) is 0 Å². The van der Waals surface area contributed by atoms with Crippen LogP contribution in [0.5, 0.6) is 0 Å². The van der Waals surface area contributed by atoms with E-state index in [1.807, 2.05) is 0 Å². The summed E-state index contributed by atoms with van der Waals surface area (Å²) in [7, 11) is 0. The molecule has 0 N–H and O–H groups in total. The van der Waals surface area contributed by atoms with Gasteiger partial charge in [-0.3, -0.25) is 0 Å². The van der Waals surface area contributed by atoms with E-state index in [0.29, 0.717) is 19.6 Å². The number of hydrogen-bond acceptors (Lipinski definition) is 3. The minimum absolute atomic E-state index is 0. The molecule has 2 aliphatic rings. The molecular formula is C8H11Cl3O3W. The van der Waals surface area contributed by atoms with Gasteiger partial charge in [-0.2, -0.15) is 0 Å². The molecule has 0 aromatic rings. The zero-order valence-electron chi connectivity index (χ0n) is 7.88. The summed E-state index contributed by atoms with van der Waals surface area (Å²) in [5.74, 6) is 0. The van der Waals surface area contributed by atoms with Gasteiger partial charge < -0.3 is 14.2 Å². The summed E-state index contributed by atoms with van der Waals surface area (Å²) in [4.78, 5) is 0. The number of hydrogen-bond donors (Lipinski definition) is 0. The fraction of sp³-hybridized carbons (Fsp3) is 1.00. The minimum atomic E-state index is -1.47. The Morgan fingerprint density at radius 2 is 1.93 bits per heavy atom. The predicted molar refractivity (Wildman–Crippen MR) is 53.6 cm³/mol. The van der Waals surface area contributed by atoms with E-state index in [4.69, 9.17) is 49.0 Å². The van der Waals surface area contributed by atoms with E-state index < -0.39 is 9.58 Å². The molecule has 2 atom stereocenters. The van der Waals surface area contributed by atoms with Crippen LogP contribution in [-0.4, -0.2) is 29.1 Å². The van der Waals surface area contributed by atoms with E-state index in [1.54, 1.807) is 0 Å². The summed E-state index contributed by atoms with van der Waals surface area (Å²) in [6, 6.07) is 0. The Labute approximate surface area is 118 Å². The monoisotopic (exact) mass is 444 g/mol. The first-order valence-corrected chi connectivity index (χ1v) is 5.67. The normalized spacial score (nSPS) is 39.0. The average Bonchev–Trinajstić information content (AvgIpc) is 2.63. The summed E-state index contributed by atoms with van der Waals surface area (Å²) in [5, 5.41) is -1.47. The van der Waals surface area contributed by atoms with Gasteiger partial charge in [0, 0.05) is 40.5 Å². The second kappa shape index (κ2) is 5.39. The van der Waals surface area contributed by atoms with Crippen molar-refractivity contribution in [2.45, 2.75) is 35.1 Å². The molecule has 0 amide bonds. The smallest absolute Gasteiger partial charge is 0.285 e. The molecule has 0 spiro atoms. The van der Waals surface area contributed by atoms with Crippen LogP contribution in [0.15, 0.2) is 0 Å². The molecular weight excluding hydrogens is 434 g/mol. The molecule has 88 valence electrons. The molecule has 7 heteroatoms. The molecule has 2 rings (SSSR count). The number of rotatable bonds is 2. The molecule has 2 fully saturated rings. The fourth-order valence-corrected chi connectivity index (χ4v) is 2.12. The number of halogens is 3. The Morgan fingerprint density at radius 1 is 1.20 bits per heavy atom. The van der Waals surface area contributed by atoms with E-state index in [0.717, 1.165) is 12.8 Å². The third-order valence-corrected chi connectivity index (χ3v) is 3.90. The Hall–Kier alpha value is 1.44. The average molecular weight is 445 g/mol. The van der Waals surface area contributed by atoms with Crippen molar-refractivity contribution < 1.29 is 35.3 Å². The van der Waals surface area contributed by atoms with E-state index in [9.17, 15) is 0 Å². The van der Waals surface area contributed by atoms with Crippen LogP contribution in [0, 0.1) is 0 Å². The molecule has 2 saturated heterocycles. The maximum atomic E-state index is 6.05. The molecule has 0 aromatic carbocycles. The summed E-state index contributed by atoms with van der Waals surface area (Å²) >= 11 is 18.0. The standard InChI is InChI=1S/C8H11Cl3O3.W/c9-7(10)3-5-13-8(7,11)14-6-2-1-4-12-6;/h6H,1-5H2;. The topological polar surface area (TPSA) is 27.7 Å². The molecule has 15 heavy (non-hydrogen) atoms. The Kier molecular flexibility index (Phi) is 5.21.